The van der Waals surface area contributed by atoms with Crippen molar-refractivity contribution >= 4 is 11.8 Å². The zero-order valence-electron chi connectivity index (χ0n) is 13.6. The quantitative estimate of drug-likeness (QED) is 0.666. The molecule has 1 aliphatic heterocycles. The monoisotopic (exact) mass is 357 g/mol. The fraction of sp³-hybridized carbons (Fsp3) is 0.222. The number of aromatic nitrogens is 3. The zero-order valence-corrected chi connectivity index (χ0v) is 14.4. The number of rotatable bonds is 4. The van der Waals surface area contributed by atoms with Crippen LogP contribution in [0, 0.1) is 5.82 Å². The lowest BCUT2D eigenvalue weighted by molar-refractivity contribution is 0.0825. The molecule has 0 fully saturated rings. The minimum atomic E-state index is -0.299. The van der Waals surface area contributed by atoms with Crippen molar-refractivity contribution in [3.63, 3.8) is 0 Å². The first kappa shape index (κ1) is 16.0. The Hall–Kier alpha value is -2.54. The summed E-state index contributed by atoms with van der Waals surface area (Å²) in [5.74, 6) is 2.63. The predicted molar refractivity (Wildman–Crippen MR) is 92.3 cm³/mol. The summed E-state index contributed by atoms with van der Waals surface area (Å²) in [5.41, 5.74) is 1.03. The highest BCUT2D eigenvalue weighted by molar-refractivity contribution is 7.98. The van der Waals surface area contributed by atoms with E-state index in [2.05, 4.69) is 10.2 Å². The second-order valence-electron chi connectivity index (χ2n) is 5.68. The topological polar surface area (TPSA) is 49.2 Å². The molecule has 0 amide bonds. The van der Waals surface area contributed by atoms with Crippen LogP contribution in [0.3, 0.4) is 0 Å². The Bertz CT molecular complexity index is 882. The molecule has 128 valence electrons. The van der Waals surface area contributed by atoms with Crippen molar-refractivity contribution in [3.05, 3.63) is 65.7 Å². The van der Waals surface area contributed by atoms with Crippen molar-refractivity contribution in [3.8, 4) is 11.5 Å². The Morgan fingerprint density at radius 2 is 1.88 bits per heavy atom. The first-order chi connectivity index (χ1) is 12.2. The van der Waals surface area contributed by atoms with E-state index in [9.17, 15) is 4.39 Å². The molecule has 2 aromatic carbocycles. The van der Waals surface area contributed by atoms with E-state index in [0.717, 1.165) is 22.3 Å². The van der Waals surface area contributed by atoms with Crippen LogP contribution in [-0.2, 0) is 12.8 Å². The van der Waals surface area contributed by atoms with Crippen LogP contribution in [0.1, 0.15) is 17.5 Å². The van der Waals surface area contributed by atoms with Gasteiger partial charge in [-0.15, -0.1) is 10.2 Å². The summed E-state index contributed by atoms with van der Waals surface area (Å²) < 4.78 is 26.6. The first-order valence-electron chi connectivity index (χ1n) is 7.86. The molecular formula is C18H16FN3O2S. The third-order valence-electron chi connectivity index (χ3n) is 3.95. The van der Waals surface area contributed by atoms with Gasteiger partial charge in [0.1, 0.15) is 12.4 Å². The highest BCUT2D eigenvalue weighted by Crippen LogP contribution is 2.36. The molecule has 5 nitrogen and oxygen atoms in total. The Morgan fingerprint density at radius 3 is 2.68 bits per heavy atom. The lowest BCUT2D eigenvalue weighted by Crippen LogP contribution is -2.24. The van der Waals surface area contributed by atoms with Gasteiger partial charge >= 0.3 is 0 Å². The average Bonchev–Trinajstić information content (AvgIpc) is 3.01. The Kier molecular flexibility index (Phi) is 4.31. The third kappa shape index (κ3) is 3.32. The van der Waals surface area contributed by atoms with Gasteiger partial charge in [0.15, 0.2) is 28.6 Å². The number of benzene rings is 2. The molecule has 1 aromatic heterocycles. The summed E-state index contributed by atoms with van der Waals surface area (Å²) in [6.07, 6.45) is -0.299. The van der Waals surface area contributed by atoms with E-state index in [-0.39, 0.29) is 11.9 Å². The smallest absolute Gasteiger partial charge is 0.192 e. The minimum absolute atomic E-state index is 0.232. The number of hydrogen-bond acceptors (Lipinski definition) is 5. The van der Waals surface area contributed by atoms with Gasteiger partial charge in [-0.3, -0.25) is 0 Å². The molecule has 0 unspecified atom stereocenters. The van der Waals surface area contributed by atoms with Gasteiger partial charge < -0.3 is 14.0 Å². The standard InChI is InChI=1S/C18H16FN3O2S/c1-22-17(16-10-23-14-4-2-3-5-15(14)24-16)20-21-18(22)25-11-12-6-8-13(19)9-7-12/h2-9,16H,10-11H2,1H3/t16-/m1/s1. The lowest BCUT2D eigenvalue weighted by Gasteiger charge is -2.25. The molecule has 0 saturated heterocycles. The minimum Gasteiger partial charge on any atom is -0.485 e. The third-order valence-corrected chi connectivity index (χ3v) is 5.04. The average molecular weight is 357 g/mol. The van der Waals surface area contributed by atoms with Gasteiger partial charge in [0.25, 0.3) is 0 Å². The molecule has 0 bridgehead atoms. The van der Waals surface area contributed by atoms with Crippen molar-refractivity contribution in [2.45, 2.75) is 17.0 Å². The number of hydrogen-bond donors (Lipinski definition) is 0. The molecular weight excluding hydrogens is 341 g/mol. The van der Waals surface area contributed by atoms with Crippen LogP contribution >= 0.6 is 11.8 Å². The van der Waals surface area contributed by atoms with Gasteiger partial charge in [0.2, 0.25) is 0 Å². The van der Waals surface area contributed by atoms with E-state index in [1.807, 2.05) is 35.9 Å². The number of thioether (sulfide) groups is 1. The maximum atomic E-state index is 13.0. The van der Waals surface area contributed by atoms with Gasteiger partial charge in [0, 0.05) is 12.8 Å². The maximum absolute atomic E-state index is 13.0. The summed E-state index contributed by atoms with van der Waals surface area (Å²) in [5, 5.41) is 9.29. The molecule has 0 N–H and O–H groups in total. The normalized spacial score (nSPS) is 16.0. The van der Waals surface area contributed by atoms with E-state index in [1.165, 1.54) is 12.1 Å². The summed E-state index contributed by atoms with van der Waals surface area (Å²) in [4.78, 5) is 0. The van der Waals surface area contributed by atoms with Crippen LogP contribution in [0.2, 0.25) is 0 Å². The summed E-state index contributed by atoms with van der Waals surface area (Å²) in [6, 6.07) is 14.0. The number of nitrogens with zero attached hydrogens (tertiary/aromatic N) is 3. The SMILES string of the molecule is Cn1c(SCc2ccc(F)cc2)nnc1[C@H]1COc2ccccc2O1. The van der Waals surface area contributed by atoms with Crippen LogP contribution in [0.4, 0.5) is 4.39 Å². The van der Waals surface area contributed by atoms with Crippen LogP contribution in [0.5, 0.6) is 11.5 Å². The molecule has 4 rings (SSSR count). The van der Waals surface area contributed by atoms with Crippen LogP contribution in [0.15, 0.2) is 53.7 Å². The summed E-state index contributed by atoms with van der Waals surface area (Å²) in [7, 11) is 1.91. The Balaban J connectivity index is 1.47. The van der Waals surface area contributed by atoms with Crippen LogP contribution < -0.4 is 9.47 Å². The molecule has 0 radical (unpaired) electrons. The van der Waals surface area contributed by atoms with Crippen molar-refractivity contribution in [2.24, 2.45) is 7.05 Å². The second-order valence-corrected chi connectivity index (χ2v) is 6.62. The van der Waals surface area contributed by atoms with Gasteiger partial charge in [-0.1, -0.05) is 36.0 Å². The van der Waals surface area contributed by atoms with Crippen LogP contribution in [0.25, 0.3) is 0 Å². The van der Waals surface area contributed by atoms with E-state index in [0.29, 0.717) is 18.1 Å². The van der Waals surface area contributed by atoms with Crippen molar-refractivity contribution in [1.29, 1.82) is 0 Å². The Labute approximate surface area is 148 Å². The van der Waals surface area contributed by atoms with E-state index in [1.54, 1.807) is 23.9 Å². The number of halogens is 1. The van der Waals surface area contributed by atoms with E-state index in [4.69, 9.17) is 9.47 Å². The van der Waals surface area contributed by atoms with Gasteiger partial charge in [-0.2, -0.15) is 0 Å². The predicted octanol–water partition coefficient (Wildman–Crippen LogP) is 3.76. The lowest BCUT2D eigenvalue weighted by atomic mass is 10.2. The molecule has 7 heteroatoms. The molecule has 2 heterocycles. The van der Waals surface area contributed by atoms with Gasteiger partial charge in [-0.05, 0) is 29.8 Å². The molecule has 0 saturated carbocycles. The summed E-state index contributed by atoms with van der Waals surface area (Å²) >= 11 is 1.55. The molecule has 0 aliphatic carbocycles. The number of ether oxygens (including phenoxy) is 2. The summed E-state index contributed by atoms with van der Waals surface area (Å²) in [6.45, 7) is 0.394. The van der Waals surface area contributed by atoms with Crippen molar-refractivity contribution in [2.75, 3.05) is 6.61 Å². The highest BCUT2D eigenvalue weighted by atomic mass is 32.2. The van der Waals surface area contributed by atoms with Crippen molar-refractivity contribution < 1.29 is 13.9 Å². The zero-order chi connectivity index (χ0) is 17.2. The fourth-order valence-corrected chi connectivity index (χ4v) is 3.48. The number of para-hydroxylation sites is 2. The second kappa shape index (κ2) is 6.76. The molecule has 0 spiro atoms. The van der Waals surface area contributed by atoms with E-state index >= 15 is 0 Å². The van der Waals surface area contributed by atoms with Gasteiger partial charge in [0.05, 0.1) is 0 Å². The number of fused-ring (bicyclic) bond motifs is 1. The van der Waals surface area contributed by atoms with Crippen molar-refractivity contribution in [1.82, 2.24) is 14.8 Å². The van der Waals surface area contributed by atoms with E-state index < -0.39 is 0 Å². The molecule has 3 aromatic rings. The molecule has 1 aliphatic rings. The maximum Gasteiger partial charge on any atom is 0.192 e. The molecule has 25 heavy (non-hydrogen) atoms. The molecule has 1 atom stereocenters. The Morgan fingerprint density at radius 1 is 1.12 bits per heavy atom. The fourth-order valence-electron chi connectivity index (χ4n) is 2.61. The first-order valence-corrected chi connectivity index (χ1v) is 8.84. The largest absolute Gasteiger partial charge is 0.485 e. The highest BCUT2D eigenvalue weighted by Gasteiger charge is 2.27. The van der Waals surface area contributed by atoms with Crippen LogP contribution in [-0.4, -0.2) is 21.4 Å². The van der Waals surface area contributed by atoms with Gasteiger partial charge in [-0.25, -0.2) is 4.39 Å².